The van der Waals surface area contributed by atoms with Gasteiger partial charge in [0, 0.05) is 17.7 Å². The third-order valence-electron chi connectivity index (χ3n) is 3.59. The molecule has 2 rings (SSSR count). The first-order valence-corrected chi connectivity index (χ1v) is 7.23. The van der Waals surface area contributed by atoms with Crippen molar-refractivity contribution in [2.45, 2.75) is 32.6 Å². The van der Waals surface area contributed by atoms with E-state index in [9.17, 15) is 0 Å². The Labute approximate surface area is 121 Å². The maximum atomic E-state index is 8.96. The Balaban J connectivity index is 1.99. The van der Waals surface area contributed by atoms with Crippen molar-refractivity contribution in [3.63, 3.8) is 0 Å². The van der Waals surface area contributed by atoms with E-state index in [2.05, 4.69) is 42.2 Å². The van der Waals surface area contributed by atoms with Crippen molar-refractivity contribution in [3.8, 4) is 17.3 Å². The fraction of sp³-hybridized carbons (Fsp3) is 0.333. The van der Waals surface area contributed by atoms with Crippen molar-refractivity contribution in [3.05, 3.63) is 54.2 Å². The second kappa shape index (κ2) is 7.45. The third-order valence-corrected chi connectivity index (χ3v) is 3.59. The monoisotopic (exact) mass is 264 g/mol. The molecule has 2 aromatic rings. The van der Waals surface area contributed by atoms with Crippen LogP contribution in [0.5, 0.6) is 0 Å². The van der Waals surface area contributed by atoms with Crippen LogP contribution in [0, 0.1) is 17.2 Å². The first-order chi connectivity index (χ1) is 9.83. The minimum atomic E-state index is 0.199. The minimum Gasteiger partial charge on any atom is -0.256 e. The predicted octanol–water partition coefficient (Wildman–Crippen LogP) is 4.62. The van der Waals surface area contributed by atoms with Crippen molar-refractivity contribution >= 4 is 0 Å². The lowest BCUT2D eigenvalue weighted by Gasteiger charge is -2.07. The van der Waals surface area contributed by atoms with Crippen LogP contribution in [0.2, 0.25) is 0 Å². The summed E-state index contributed by atoms with van der Waals surface area (Å²) in [6.07, 6.45) is 5.88. The fourth-order valence-corrected chi connectivity index (χ4v) is 2.31. The largest absolute Gasteiger partial charge is 0.256 e. The summed E-state index contributed by atoms with van der Waals surface area (Å²) < 4.78 is 0. The maximum absolute atomic E-state index is 8.96. The van der Waals surface area contributed by atoms with Crippen LogP contribution in [0.3, 0.4) is 0 Å². The summed E-state index contributed by atoms with van der Waals surface area (Å²) in [6, 6.07) is 16.8. The van der Waals surface area contributed by atoms with Crippen molar-refractivity contribution in [2.24, 2.45) is 5.92 Å². The van der Waals surface area contributed by atoms with E-state index < -0.39 is 0 Å². The number of aromatic nitrogens is 1. The molecule has 0 fully saturated rings. The Morgan fingerprint density at radius 1 is 1.20 bits per heavy atom. The van der Waals surface area contributed by atoms with E-state index in [0.717, 1.165) is 36.9 Å². The lowest BCUT2D eigenvalue weighted by Crippen LogP contribution is -1.96. The topological polar surface area (TPSA) is 36.7 Å². The zero-order valence-corrected chi connectivity index (χ0v) is 11.9. The molecule has 0 aliphatic rings. The normalized spacial score (nSPS) is 11.8. The minimum absolute atomic E-state index is 0.199. The number of rotatable bonds is 6. The SMILES string of the molecule is CCC(C#N)CCCc1ccnc(-c2ccccc2)c1. The number of pyridine rings is 1. The quantitative estimate of drug-likeness (QED) is 0.763. The number of benzene rings is 1. The molecule has 102 valence electrons. The van der Waals surface area contributed by atoms with Gasteiger partial charge in [-0.1, -0.05) is 37.3 Å². The average Bonchev–Trinajstić information content (AvgIpc) is 2.53. The van der Waals surface area contributed by atoms with Gasteiger partial charge < -0.3 is 0 Å². The van der Waals surface area contributed by atoms with Gasteiger partial charge in [0.15, 0.2) is 0 Å². The van der Waals surface area contributed by atoms with Gasteiger partial charge in [-0.25, -0.2) is 0 Å². The molecule has 1 heterocycles. The van der Waals surface area contributed by atoms with Gasteiger partial charge in [0.1, 0.15) is 0 Å². The highest BCUT2D eigenvalue weighted by molar-refractivity contribution is 5.59. The fourth-order valence-electron chi connectivity index (χ4n) is 2.31. The Kier molecular flexibility index (Phi) is 5.32. The average molecular weight is 264 g/mol. The number of hydrogen-bond acceptors (Lipinski definition) is 2. The molecule has 1 aromatic heterocycles. The van der Waals surface area contributed by atoms with E-state index in [1.165, 1.54) is 5.56 Å². The highest BCUT2D eigenvalue weighted by atomic mass is 14.7. The molecule has 0 spiro atoms. The van der Waals surface area contributed by atoms with Crippen molar-refractivity contribution < 1.29 is 0 Å². The molecule has 0 radical (unpaired) electrons. The van der Waals surface area contributed by atoms with Gasteiger partial charge >= 0.3 is 0 Å². The molecule has 0 saturated carbocycles. The molecular formula is C18H20N2. The van der Waals surface area contributed by atoms with Crippen LogP contribution >= 0.6 is 0 Å². The van der Waals surface area contributed by atoms with Crippen LogP contribution in [0.25, 0.3) is 11.3 Å². The van der Waals surface area contributed by atoms with Gasteiger partial charge in [-0.3, -0.25) is 4.98 Å². The van der Waals surface area contributed by atoms with E-state index in [4.69, 9.17) is 5.26 Å². The van der Waals surface area contributed by atoms with Crippen molar-refractivity contribution in [2.75, 3.05) is 0 Å². The van der Waals surface area contributed by atoms with E-state index in [1.54, 1.807) is 0 Å². The molecule has 1 unspecified atom stereocenters. The Morgan fingerprint density at radius 2 is 2.00 bits per heavy atom. The first kappa shape index (κ1) is 14.3. The Hall–Kier alpha value is -2.14. The van der Waals surface area contributed by atoms with Gasteiger partial charge in [0.05, 0.1) is 11.8 Å². The number of aryl methyl sites for hydroxylation is 1. The number of hydrogen-bond donors (Lipinski definition) is 0. The van der Waals surface area contributed by atoms with Crippen LogP contribution in [-0.2, 0) is 6.42 Å². The van der Waals surface area contributed by atoms with Crippen molar-refractivity contribution in [1.82, 2.24) is 4.98 Å². The molecule has 0 bridgehead atoms. The lowest BCUT2D eigenvalue weighted by molar-refractivity contribution is 0.556. The van der Waals surface area contributed by atoms with E-state index >= 15 is 0 Å². The number of nitrogens with zero attached hydrogens (tertiary/aromatic N) is 2. The van der Waals surface area contributed by atoms with E-state index in [0.29, 0.717) is 0 Å². The van der Waals surface area contributed by atoms with Crippen molar-refractivity contribution in [1.29, 1.82) is 5.26 Å². The molecule has 0 aliphatic carbocycles. The second-order valence-electron chi connectivity index (χ2n) is 5.04. The summed E-state index contributed by atoms with van der Waals surface area (Å²) in [5.41, 5.74) is 3.47. The standard InChI is InChI=1S/C18H20N2/c1-2-15(14-19)7-6-8-16-11-12-20-18(13-16)17-9-4-3-5-10-17/h3-5,9-13,15H,2,6-8H2,1H3. The summed E-state index contributed by atoms with van der Waals surface area (Å²) in [5.74, 6) is 0.199. The molecule has 20 heavy (non-hydrogen) atoms. The maximum Gasteiger partial charge on any atom is 0.0704 e. The smallest absolute Gasteiger partial charge is 0.0704 e. The van der Waals surface area contributed by atoms with Gasteiger partial charge in [-0.2, -0.15) is 5.26 Å². The summed E-state index contributed by atoms with van der Waals surface area (Å²) in [6.45, 7) is 2.08. The van der Waals surface area contributed by atoms with Crippen LogP contribution in [0.15, 0.2) is 48.7 Å². The second-order valence-corrected chi connectivity index (χ2v) is 5.04. The summed E-state index contributed by atoms with van der Waals surface area (Å²) in [7, 11) is 0. The van der Waals surface area contributed by atoms with Gasteiger partial charge in [-0.15, -0.1) is 0 Å². The molecule has 2 nitrogen and oxygen atoms in total. The molecule has 1 atom stereocenters. The first-order valence-electron chi connectivity index (χ1n) is 7.23. The van der Waals surface area contributed by atoms with Crippen LogP contribution in [0.1, 0.15) is 31.7 Å². The zero-order chi connectivity index (χ0) is 14.2. The van der Waals surface area contributed by atoms with Gasteiger partial charge in [-0.05, 0) is 43.4 Å². The van der Waals surface area contributed by atoms with E-state index in [1.807, 2.05) is 24.4 Å². The lowest BCUT2D eigenvalue weighted by atomic mass is 9.98. The summed E-state index contributed by atoms with van der Waals surface area (Å²) >= 11 is 0. The molecular weight excluding hydrogens is 244 g/mol. The number of nitriles is 1. The summed E-state index contributed by atoms with van der Waals surface area (Å²) in [5, 5.41) is 8.96. The van der Waals surface area contributed by atoms with Crippen LogP contribution < -0.4 is 0 Å². The Morgan fingerprint density at radius 3 is 2.70 bits per heavy atom. The van der Waals surface area contributed by atoms with E-state index in [-0.39, 0.29) is 5.92 Å². The summed E-state index contributed by atoms with van der Waals surface area (Å²) in [4.78, 5) is 4.43. The molecule has 1 aromatic carbocycles. The molecule has 0 aliphatic heterocycles. The molecule has 2 heteroatoms. The van der Waals surface area contributed by atoms with Gasteiger partial charge in [0.25, 0.3) is 0 Å². The highest BCUT2D eigenvalue weighted by Crippen LogP contribution is 2.19. The van der Waals surface area contributed by atoms with Gasteiger partial charge in [0.2, 0.25) is 0 Å². The Bertz CT molecular complexity index is 569. The third kappa shape index (κ3) is 3.93. The molecule has 0 N–H and O–H groups in total. The van der Waals surface area contributed by atoms with Crippen LogP contribution in [0.4, 0.5) is 0 Å². The zero-order valence-electron chi connectivity index (χ0n) is 11.9. The predicted molar refractivity (Wildman–Crippen MR) is 82.0 cm³/mol. The highest BCUT2D eigenvalue weighted by Gasteiger charge is 2.05. The molecule has 0 amide bonds. The van der Waals surface area contributed by atoms with Crippen LogP contribution in [-0.4, -0.2) is 4.98 Å². The molecule has 0 saturated heterocycles.